The van der Waals surface area contributed by atoms with Gasteiger partial charge < -0.3 is 4.74 Å². The second-order valence-corrected chi connectivity index (χ2v) is 3.99. The Morgan fingerprint density at radius 2 is 2.20 bits per heavy atom. The van der Waals surface area contributed by atoms with Gasteiger partial charge in [-0.2, -0.15) is 0 Å². The summed E-state index contributed by atoms with van der Waals surface area (Å²) in [6.45, 7) is 5.95. The number of nitrogens with two attached hydrogens (primary N) is 1. The maximum absolute atomic E-state index is 10.8. The van der Waals surface area contributed by atoms with E-state index in [1.165, 1.54) is 12.8 Å². The molecule has 4 nitrogen and oxygen atoms in total. The molecule has 4 heteroatoms. The predicted molar refractivity (Wildman–Crippen MR) is 61.1 cm³/mol. The number of hydrazine groups is 1. The highest BCUT2D eigenvalue weighted by atomic mass is 16.5. The minimum Gasteiger partial charge on any atom is -0.381 e. The van der Waals surface area contributed by atoms with Crippen LogP contribution in [-0.2, 0) is 9.53 Å². The van der Waals surface area contributed by atoms with E-state index in [-0.39, 0.29) is 5.91 Å². The molecule has 0 bridgehead atoms. The van der Waals surface area contributed by atoms with Crippen LogP contribution in [0.5, 0.6) is 0 Å². The molecule has 0 rings (SSSR count). The maximum atomic E-state index is 10.8. The van der Waals surface area contributed by atoms with Crippen molar-refractivity contribution in [2.45, 2.75) is 46.0 Å². The summed E-state index contributed by atoms with van der Waals surface area (Å²) in [6.07, 6.45) is 4.68. The highest BCUT2D eigenvalue weighted by Gasteiger charge is 2.01. The van der Waals surface area contributed by atoms with Crippen LogP contribution < -0.4 is 11.3 Å². The van der Waals surface area contributed by atoms with E-state index in [0.29, 0.717) is 12.3 Å². The lowest BCUT2D eigenvalue weighted by Crippen LogP contribution is -2.29. The molecular weight excluding hydrogens is 192 g/mol. The second kappa shape index (κ2) is 9.93. The lowest BCUT2D eigenvalue weighted by atomic mass is 10.1. The monoisotopic (exact) mass is 216 g/mol. The Hall–Kier alpha value is -0.610. The highest BCUT2D eigenvalue weighted by Crippen LogP contribution is 2.05. The Bertz CT molecular complexity index is 163. The summed E-state index contributed by atoms with van der Waals surface area (Å²) in [7, 11) is 0. The molecule has 0 radical (unpaired) electrons. The number of carbonyl (C=O) groups excluding carboxylic acids is 1. The topological polar surface area (TPSA) is 64.3 Å². The van der Waals surface area contributed by atoms with Gasteiger partial charge in [-0.3, -0.25) is 10.2 Å². The van der Waals surface area contributed by atoms with Gasteiger partial charge in [0.1, 0.15) is 0 Å². The summed E-state index contributed by atoms with van der Waals surface area (Å²) in [5, 5.41) is 0. The zero-order valence-electron chi connectivity index (χ0n) is 9.92. The average molecular weight is 216 g/mol. The van der Waals surface area contributed by atoms with Crippen LogP contribution in [0, 0.1) is 5.92 Å². The van der Waals surface area contributed by atoms with Crippen molar-refractivity contribution in [1.82, 2.24) is 5.43 Å². The first-order chi connectivity index (χ1) is 7.20. The van der Waals surface area contributed by atoms with E-state index in [4.69, 9.17) is 10.6 Å². The van der Waals surface area contributed by atoms with E-state index in [1.807, 2.05) is 0 Å². The summed E-state index contributed by atoms with van der Waals surface area (Å²) in [5.74, 6) is 5.49. The van der Waals surface area contributed by atoms with E-state index < -0.39 is 0 Å². The fourth-order valence-corrected chi connectivity index (χ4v) is 1.42. The molecule has 1 amide bonds. The van der Waals surface area contributed by atoms with Gasteiger partial charge in [0.2, 0.25) is 5.91 Å². The number of rotatable bonds is 9. The molecule has 1 unspecified atom stereocenters. The van der Waals surface area contributed by atoms with Crippen molar-refractivity contribution in [2.75, 3.05) is 13.2 Å². The number of unbranched alkanes of at least 4 members (excludes halogenated alkanes) is 1. The molecular formula is C11H24N2O2. The van der Waals surface area contributed by atoms with E-state index >= 15 is 0 Å². The van der Waals surface area contributed by atoms with Crippen LogP contribution in [0.3, 0.4) is 0 Å². The molecule has 1 atom stereocenters. The minimum atomic E-state index is -0.102. The first-order valence-electron chi connectivity index (χ1n) is 5.77. The molecule has 90 valence electrons. The van der Waals surface area contributed by atoms with Gasteiger partial charge in [0.15, 0.2) is 0 Å². The van der Waals surface area contributed by atoms with Crippen molar-refractivity contribution in [3.63, 3.8) is 0 Å². The third kappa shape index (κ3) is 9.69. The van der Waals surface area contributed by atoms with E-state index in [2.05, 4.69) is 19.3 Å². The highest BCUT2D eigenvalue weighted by molar-refractivity contribution is 5.74. The SMILES string of the molecule is CCCC(C)COCCCCC(=O)NN. The van der Waals surface area contributed by atoms with Crippen molar-refractivity contribution in [3.05, 3.63) is 0 Å². The quantitative estimate of drug-likeness (QED) is 0.266. The third-order valence-electron chi connectivity index (χ3n) is 2.29. The first-order valence-corrected chi connectivity index (χ1v) is 5.77. The molecule has 0 saturated heterocycles. The largest absolute Gasteiger partial charge is 0.381 e. The number of hydrogen-bond donors (Lipinski definition) is 2. The Kier molecular flexibility index (Phi) is 9.52. The smallest absolute Gasteiger partial charge is 0.233 e. The molecule has 0 spiro atoms. The minimum absolute atomic E-state index is 0.102. The van der Waals surface area contributed by atoms with Crippen molar-refractivity contribution < 1.29 is 9.53 Å². The molecule has 0 aromatic carbocycles. The molecule has 0 aromatic heterocycles. The summed E-state index contributed by atoms with van der Waals surface area (Å²) in [6, 6.07) is 0. The van der Waals surface area contributed by atoms with E-state index in [9.17, 15) is 4.79 Å². The molecule has 15 heavy (non-hydrogen) atoms. The Morgan fingerprint density at radius 3 is 2.80 bits per heavy atom. The summed E-state index contributed by atoms with van der Waals surface area (Å²) < 4.78 is 5.50. The van der Waals surface area contributed by atoms with Crippen LogP contribution in [0.15, 0.2) is 0 Å². The summed E-state index contributed by atoms with van der Waals surface area (Å²) in [5.41, 5.74) is 2.11. The van der Waals surface area contributed by atoms with Gasteiger partial charge in [0.05, 0.1) is 0 Å². The zero-order chi connectivity index (χ0) is 11.5. The van der Waals surface area contributed by atoms with Gasteiger partial charge in [-0.1, -0.05) is 20.3 Å². The van der Waals surface area contributed by atoms with Crippen molar-refractivity contribution in [2.24, 2.45) is 11.8 Å². The number of amides is 1. The predicted octanol–water partition coefficient (Wildman–Crippen LogP) is 1.60. The van der Waals surface area contributed by atoms with Crippen LogP contribution in [0.2, 0.25) is 0 Å². The van der Waals surface area contributed by atoms with Crippen LogP contribution in [0.1, 0.15) is 46.0 Å². The molecule has 0 aliphatic heterocycles. The summed E-state index contributed by atoms with van der Waals surface area (Å²) in [4.78, 5) is 10.8. The average Bonchev–Trinajstić information content (AvgIpc) is 2.23. The van der Waals surface area contributed by atoms with Gasteiger partial charge in [-0.25, -0.2) is 5.84 Å². The Morgan fingerprint density at radius 1 is 1.47 bits per heavy atom. The van der Waals surface area contributed by atoms with Gasteiger partial charge in [0.25, 0.3) is 0 Å². The molecule has 3 N–H and O–H groups in total. The molecule has 0 aliphatic carbocycles. The van der Waals surface area contributed by atoms with Crippen LogP contribution in [0.25, 0.3) is 0 Å². The second-order valence-electron chi connectivity index (χ2n) is 3.99. The Labute approximate surface area is 92.5 Å². The van der Waals surface area contributed by atoms with Crippen LogP contribution in [-0.4, -0.2) is 19.1 Å². The zero-order valence-corrected chi connectivity index (χ0v) is 9.92. The lowest BCUT2D eigenvalue weighted by molar-refractivity contribution is -0.121. The third-order valence-corrected chi connectivity index (χ3v) is 2.29. The maximum Gasteiger partial charge on any atom is 0.233 e. The van der Waals surface area contributed by atoms with Gasteiger partial charge in [0, 0.05) is 19.6 Å². The van der Waals surface area contributed by atoms with Gasteiger partial charge >= 0.3 is 0 Å². The standard InChI is InChI=1S/C11H24N2O2/c1-3-6-10(2)9-15-8-5-4-7-11(14)13-12/h10H,3-9,12H2,1-2H3,(H,13,14). The molecule has 0 heterocycles. The normalized spacial score (nSPS) is 12.5. The van der Waals surface area contributed by atoms with Gasteiger partial charge in [-0.15, -0.1) is 0 Å². The number of hydrogen-bond acceptors (Lipinski definition) is 3. The number of ether oxygens (including phenoxy) is 1. The molecule has 0 aromatic rings. The van der Waals surface area contributed by atoms with Crippen LogP contribution in [0.4, 0.5) is 0 Å². The Balaban J connectivity index is 3.14. The molecule has 0 fully saturated rings. The van der Waals surface area contributed by atoms with E-state index in [0.717, 1.165) is 26.1 Å². The first kappa shape index (κ1) is 14.4. The molecule has 0 aliphatic rings. The van der Waals surface area contributed by atoms with Crippen molar-refractivity contribution in [1.29, 1.82) is 0 Å². The van der Waals surface area contributed by atoms with E-state index in [1.54, 1.807) is 0 Å². The number of carbonyl (C=O) groups is 1. The number of nitrogens with one attached hydrogen (secondary N) is 1. The van der Waals surface area contributed by atoms with Gasteiger partial charge in [-0.05, 0) is 25.2 Å². The fourth-order valence-electron chi connectivity index (χ4n) is 1.42. The van der Waals surface area contributed by atoms with Crippen molar-refractivity contribution >= 4 is 5.91 Å². The summed E-state index contributed by atoms with van der Waals surface area (Å²) >= 11 is 0. The van der Waals surface area contributed by atoms with Crippen molar-refractivity contribution in [3.8, 4) is 0 Å². The molecule has 0 saturated carbocycles. The lowest BCUT2D eigenvalue weighted by Gasteiger charge is -2.10. The van der Waals surface area contributed by atoms with Crippen LogP contribution >= 0.6 is 0 Å². The fraction of sp³-hybridized carbons (Fsp3) is 0.909.